The van der Waals surface area contributed by atoms with Gasteiger partial charge in [-0.3, -0.25) is 5.10 Å². The minimum absolute atomic E-state index is 0.00115. The van der Waals surface area contributed by atoms with Crippen LogP contribution in [0.5, 0.6) is 0 Å². The van der Waals surface area contributed by atoms with Crippen molar-refractivity contribution < 1.29 is 14.3 Å². The Bertz CT molecular complexity index is 884. The SMILES string of the molecule is CCCCOC(=O)N[C@@H]1C[C@H](C)CN(c2nc(COCC[Si](C)(C)C)nc3[nH]ncc23)C1. The molecule has 2 atom stereocenters. The summed E-state index contributed by atoms with van der Waals surface area (Å²) in [5.41, 5.74) is 0.709. The second-order valence-corrected chi connectivity index (χ2v) is 15.7. The van der Waals surface area contributed by atoms with Crippen molar-refractivity contribution in [3.8, 4) is 0 Å². The molecule has 0 aromatic carbocycles. The molecule has 9 nitrogen and oxygen atoms in total. The van der Waals surface area contributed by atoms with Crippen molar-refractivity contribution in [3.05, 3.63) is 12.0 Å². The summed E-state index contributed by atoms with van der Waals surface area (Å²) in [5, 5.41) is 11.1. The van der Waals surface area contributed by atoms with Gasteiger partial charge >= 0.3 is 6.09 Å². The molecule has 0 spiro atoms. The van der Waals surface area contributed by atoms with E-state index >= 15 is 0 Å². The molecule has 1 aliphatic rings. The lowest BCUT2D eigenvalue weighted by molar-refractivity contribution is 0.127. The van der Waals surface area contributed by atoms with Gasteiger partial charge in [0.05, 0.1) is 24.2 Å². The summed E-state index contributed by atoms with van der Waals surface area (Å²) in [6.45, 7) is 14.4. The van der Waals surface area contributed by atoms with Crippen molar-refractivity contribution in [2.24, 2.45) is 5.92 Å². The molecule has 2 aromatic heterocycles. The highest BCUT2D eigenvalue weighted by Crippen LogP contribution is 2.27. The number of aromatic nitrogens is 4. The van der Waals surface area contributed by atoms with Crippen molar-refractivity contribution in [2.45, 2.75) is 71.4 Å². The Balaban J connectivity index is 1.69. The number of anilines is 1. The Labute approximate surface area is 191 Å². The van der Waals surface area contributed by atoms with Crippen LogP contribution in [-0.4, -0.2) is 66.7 Å². The maximum absolute atomic E-state index is 12.2. The van der Waals surface area contributed by atoms with Crippen LogP contribution >= 0.6 is 0 Å². The molecule has 2 N–H and O–H groups in total. The van der Waals surface area contributed by atoms with Crippen molar-refractivity contribution >= 4 is 31.0 Å². The van der Waals surface area contributed by atoms with Crippen LogP contribution in [0.3, 0.4) is 0 Å². The van der Waals surface area contributed by atoms with Gasteiger partial charge < -0.3 is 19.7 Å². The van der Waals surface area contributed by atoms with Crippen LogP contribution in [0, 0.1) is 5.92 Å². The van der Waals surface area contributed by atoms with Gasteiger partial charge in [-0.05, 0) is 24.8 Å². The summed E-state index contributed by atoms with van der Waals surface area (Å²) < 4.78 is 11.2. The number of amides is 1. The van der Waals surface area contributed by atoms with Crippen LogP contribution in [-0.2, 0) is 16.1 Å². The minimum atomic E-state index is -1.14. The van der Waals surface area contributed by atoms with E-state index in [9.17, 15) is 4.79 Å². The number of nitrogens with zero attached hydrogens (tertiary/aromatic N) is 4. The quantitative estimate of drug-likeness (QED) is 0.407. The lowest BCUT2D eigenvalue weighted by Crippen LogP contribution is -2.51. The molecule has 2 aromatic rings. The third-order valence-electron chi connectivity index (χ3n) is 5.58. The molecule has 32 heavy (non-hydrogen) atoms. The van der Waals surface area contributed by atoms with Gasteiger partial charge in [-0.1, -0.05) is 39.9 Å². The van der Waals surface area contributed by atoms with E-state index in [1.807, 2.05) is 0 Å². The van der Waals surface area contributed by atoms with E-state index < -0.39 is 8.07 Å². The van der Waals surface area contributed by atoms with Gasteiger partial charge in [0.2, 0.25) is 0 Å². The standard InChI is InChI=1S/C22H38N6O3Si/c1-6-7-8-31-22(29)24-17-11-16(2)13-28(14-17)21-18-12-23-27-20(18)25-19(26-21)15-30-9-10-32(3,4)5/h12,16-17H,6-11,13-15H2,1-5H3,(H,24,29)(H,23,25,26,27)/t16-,17+/m0/s1. The molecule has 0 saturated carbocycles. The molecule has 178 valence electrons. The van der Waals surface area contributed by atoms with E-state index in [1.54, 1.807) is 6.20 Å². The number of carbonyl (C=O) groups is 1. The number of carbonyl (C=O) groups excluding carboxylic acids is 1. The number of hydrogen-bond donors (Lipinski definition) is 2. The van der Waals surface area contributed by atoms with Crippen molar-refractivity contribution in [2.75, 3.05) is 31.2 Å². The number of aromatic amines is 1. The number of alkyl carbamates (subject to hydrolysis) is 1. The molecule has 0 aliphatic carbocycles. The summed E-state index contributed by atoms with van der Waals surface area (Å²) in [6.07, 6.45) is 4.21. The van der Waals surface area contributed by atoms with E-state index in [-0.39, 0.29) is 12.1 Å². The maximum atomic E-state index is 12.2. The molecule has 3 heterocycles. The van der Waals surface area contributed by atoms with Gasteiger partial charge in [-0.25, -0.2) is 14.8 Å². The highest BCUT2D eigenvalue weighted by Gasteiger charge is 2.29. The van der Waals surface area contributed by atoms with Gasteiger partial charge in [0.1, 0.15) is 12.4 Å². The first-order valence-corrected chi connectivity index (χ1v) is 15.4. The van der Waals surface area contributed by atoms with Crippen LogP contribution in [0.2, 0.25) is 25.7 Å². The molecule has 10 heteroatoms. The highest BCUT2D eigenvalue weighted by molar-refractivity contribution is 6.76. The van der Waals surface area contributed by atoms with E-state index in [1.165, 1.54) is 0 Å². The Kier molecular flexibility index (Phi) is 8.47. The van der Waals surface area contributed by atoms with Gasteiger partial charge in [0.15, 0.2) is 11.5 Å². The third kappa shape index (κ3) is 7.16. The number of unbranched alkanes of at least 4 members (excludes halogenated alkanes) is 1. The molecular weight excluding hydrogens is 424 g/mol. The number of H-pyrrole nitrogens is 1. The Morgan fingerprint density at radius 2 is 2.09 bits per heavy atom. The molecule has 1 saturated heterocycles. The normalized spacial score (nSPS) is 19.3. The lowest BCUT2D eigenvalue weighted by Gasteiger charge is -2.37. The zero-order valence-corrected chi connectivity index (χ0v) is 21.1. The third-order valence-corrected chi connectivity index (χ3v) is 7.28. The molecule has 0 radical (unpaired) electrons. The van der Waals surface area contributed by atoms with Gasteiger partial charge in [-0.2, -0.15) is 5.10 Å². The number of hydrogen-bond acceptors (Lipinski definition) is 7. The monoisotopic (exact) mass is 462 g/mol. The largest absolute Gasteiger partial charge is 0.450 e. The zero-order chi connectivity index (χ0) is 23.1. The summed E-state index contributed by atoms with van der Waals surface area (Å²) in [7, 11) is -1.14. The van der Waals surface area contributed by atoms with Crippen molar-refractivity contribution in [1.82, 2.24) is 25.5 Å². The van der Waals surface area contributed by atoms with Crippen molar-refractivity contribution in [3.63, 3.8) is 0 Å². The summed E-state index contributed by atoms with van der Waals surface area (Å²) in [6, 6.07) is 1.11. The smallest absolute Gasteiger partial charge is 0.407 e. The Hall–Kier alpha value is -2.20. The molecule has 0 bridgehead atoms. The fraction of sp³-hybridized carbons (Fsp3) is 0.727. The fourth-order valence-corrected chi connectivity index (χ4v) is 4.62. The number of ether oxygens (including phenoxy) is 2. The number of piperidine rings is 1. The predicted molar refractivity (Wildman–Crippen MR) is 129 cm³/mol. The molecule has 0 unspecified atom stereocenters. The summed E-state index contributed by atoms with van der Waals surface area (Å²) in [5.74, 6) is 1.89. The Morgan fingerprint density at radius 1 is 1.28 bits per heavy atom. The fourth-order valence-electron chi connectivity index (χ4n) is 3.86. The highest BCUT2D eigenvalue weighted by atomic mass is 28.3. The molecule has 1 amide bonds. The molecular formula is C22H38N6O3Si. The van der Waals surface area contributed by atoms with Gasteiger partial charge in [0.25, 0.3) is 0 Å². The summed E-state index contributed by atoms with van der Waals surface area (Å²) in [4.78, 5) is 23.8. The topological polar surface area (TPSA) is 105 Å². The average Bonchev–Trinajstić information content (AvgIpc) is 3.18. The van der Waals surface area contributed by atoms with E-state index in [4.69, 9.17) is 14.5 Å². The van der Waals surface area contributed by atoms with Crippen LogP contribution < -0.4 is 10.2 Å². The van der Waals surface area contributed by atoms with E-state index in [2.05, 4.69) is 58.9 Å². The second-order valence-electron chi connectivity index (χ2n) is 10.0. The van der Waals surface area contributed by atoms with Crippen molar-refractivity contribution in [1.29, 1.82) is 0 Å². The molecule has 1 aliphatic heterocycles. The maximum Gasteiger partial charge on any atom is 0.407 e. The van der Waals surface area contributed by atoms with E-state index in [0.717, 1.165) is 49.7 Å². The predicted octanol–water partition coefficient (Wildman–Crippen LogP) is 3.95. The molecule has 1 fully saturated rings. The first-order valence-electron chi connectivity index (χ1n) is 11.7. The number of rotatable bonds is 10. The zero-order valence-electron chi connectivity index (χ0n) is 20.1. The van der Waals surface area contributed by atoms with Crippen LogP contribution in [0.4, 0.5) is 10.6 Å². The van der Waals surface area contributed by atoms with Crippen LogP contribution in [0.1, 0.15) is 38.9 Å². The number of nitrogens with one attached hydrogen (secondary N) is 2. The average molecular weight is 463 g/mol. The first kappa shape index (κ1) is 24.4. The van der Waals surface area contributed by atoms with Crippen LogP contribution in [0.15, 0.2) is 6.20 Å². The first-order chi connectivity index (χ1) is 15.2. The Morgan fingerprint density at radius 3 is 2.84 bits per heavy atom. The van der Waals surface area contributed by atoms with Crippen LogP contribution in [0.25, 0.3) is 11.0 Å². The second kappa shape index (κ2) is 11.1. The van der Waals surface area contributed by atoms with E-state index in [0.29, 0.717) is 37.1 Å². The van der Waals surface area contributed by atoms with Gasteiger partial charge in [0, 0.05) is 27.8 Å². The van der Waals surface area contributed by atoms with Gasteiger partial charge in [-0.15, -0.1) is 0 Å². The molecule has 3 rings (SSSR count). The summed E-state index contributed by atoms with van der Waals surface area (Å²) >= 11 is 0. The number of fused-ring (bicyclic) bond motifs is 1. The lowest BCUT2D eigenvalue weighted by atomic mass is 9.96. The minimum Gasteiger partial charge on any atom is -0.450 e.